The van der Waals surface area contributed by atoms with Gasteiger partial charge in [0.1, 0.15) is 0 Å². The van der Waals surface area contributed by atoms with E-state index in [1.54, 1.807) is 44.8 Å². The minimum absolute atomic E-state index is 0.205. The summed E-state index contributed by atoms with van der Waals surface area (Å²) in [7, 11) is 3.10. The maximum absolute atomic E-state index is 12.8. The Morgan fingerprint density at radius 3 is 2.31 bits per heavy atom. The van der Waals surface area contributed by atoms with Gasteiger partial charge in [-0.15, -0.1) is 0 Å². The second-order valence-electron chi connectivity index (χ2n) is 5.67. The SMILES string of the molecule is COc1ccc(C(=O)N[C@H](c2ccccc2)c2cccnc2)cc1OC. The summed E-state index contributed by atoms with van der Waals surface area (Å²) in [6.07, 6.45) is 3.47. The molecule has 26 heavy (non-hydrogen) atoms. The van der Waals surface area contributed by atoms with Gasteiger partial charge in [-0.1, -0.05) is 36.4 Å². The number of pyridine rings is 1. The Bertz CT molecular complexity index is 827. The standard InChI is InChI=1S/C21H20N2O3/c1-25-18-11-10-16(13-19(18)26-2)21(24)23-20(15-7-4-3-5-8-15)17-9-6-12-22-14-17/h3-14,20H,1-2H3,(H,23,24)/t20-/m1/s1. The Labute approximate surface area is 152 Å². The highest BCUT2D eigenvalue weighted by molar-refractivity contribution is 5.95. The zero-order valence-electron chi connectivity index (χ0n) is 14.7. The quantitative estimate of drug-likeness (QED) is 0.739. The van der Waals surface area contributed by atoms with Gasteiger partial charge in [0.15, 0.2) is 11.5 Å². The molecule has 0 spiro atoms. The topological polar surface area (TPSA) is 60.5 Å². The molecule has 5 nitrogen and oxygen atoms in total. The van der Waals surface area contributed by atoms with E-state index in [0.717, 1.165) is 11.1 Å². The van der Waals surface area contributed by atoms with Gasteiger partial charge in [-0.3, -0.25) is 9.78 Å². The molecule has 0 radical (unpaired) electrons. The molecule has 0 aliphatic heterocycles. The summed E-state index contributed by atoms with van der Waals surface area (Å²) in [5.41, 5.74) is 2.38. The average molecular weight is 348 g/mol. The second-order valence-corrected chi connectivity index (χ2v) is 5.67. The van der Waals surface area contributed by atoms with Gasteiger partial charge in [0.05, 0.1) is 20.3 Å². The largest absolute Gasteiger partial charge is 0.493 e. The lowest BCUT2D eigenvalue weighted by atomic mass is 9.99. The first-order chi connectivity index (χ1) is 12.7. The number of methoxy groups -OCH3 is 2. The number of hydrogen-bond donors (Lipinski definition) is 1. The van der Waals surface area contributed by atoms with Crippen molar-refractivity contribution in [1.29, 1.82) is 0 Å². The van der Waals surface area contributed by atoms with E-state index in [0.29, 0.717) is 17.1 Å². The Morgan fingerprint density at radius 1 is 0.923 bits per heavy atom. The molecule has 0 aliphatic rings. The van der Waals surface area contributed by atoms with Crippen molar-refractivity contribution in [3.63, 3.8) is 0 Å². The highest BCUT2D eigenvalue weighted by Crippen LogP contribution is 2.28. The fraction of sp³-hybridized carbons (Fsp3) is 0.143. The van der Waals surface area contributed by atoms with Crippen LogP contribution >= 0.6 is 0 Å². The van der Waals surface area contributed by atoms with E-state index in [1.165, 1.54) is 0 Å². The van der Waals surface area contributed by atoms with Gasteiger partial charge in [-0.05, 0) is 35.4 Å². The summed E-state index contributed by atoms with van der Waals surface area (Å²) in [4.78, 5) is 17.0. The normalized spacial score (nSPS) is 11.5. The van der Waals surface area contributed by atoms with Gasteiger partial charge in [-0.25, -0.2) is 0 Å². The molecule has 0 fully saturated rings. The molecule has 1 N–H and O–H groups in total. The van der Waals surface area contributed by atoms with E-state index in [-0.39, 0.29) is 11.9 Å². The Kier molecular flexibility index (Phi) is 5.49. The highest BCUT2D eigenvalue weighted by atomic mass is 16.5. The van der Waals surface area contributed by atoms with Crippen LogP contribution in [0.2, 0.25) is 0 Å². The molecule has 2 aromatic carbocycles. The van der Waals surface area contributed by atoms with Gasteiger partial charge >= 0.3 is 0 Å². The fourth-order valence-electron chi connectivity index (χ4n) is 2.74. The van der Waals surface area contributed by atoms with Crippen LogP contribution in [-0.2, 0) is 0 Å². The third-order valence-electron chi connectivity index (χ3n) is 4.07. The average Bonchev–Trinajstić information content (AvgIpc) is 2.72. The molecule has 3 aromatic rings. The van der Waals surface area contributed by atoms with Crippen LogP contribution in [0, 0.1) is 0 Å². The zero-order valence-corrected chi connectivity index (χ0v) is 14.7. The van der Waals surface area contributed by atoms with Crippen molar-refractivity contribution >= 4 is 5.91 Å². The summed E-state index contributed by atoms with van der Waals surface area (Å²) in [6.45, 7) is 0. The van der Waals surface area contributed by atoms with Crippen LogP contribution in [0.25, 0.3) is 0 Å². The first-order valence-electron chi connectivity index (χ1n) is 8.20. The number of amides is 1. The first-order valence-corrected chi connectivity index (χ1v) is 8.20. The lowest BCUT2D eigenvalue weighted by Crippen LogP contribution is -2.29. The summed E-state index contributed by atoms with van der Waals surface area (Å²) >= 11 is 0. The second kappa shape index (κ2) is 8.16. The molecule has 0 bridgehead atoms. The lowest BCUT2D eigenvalue weighted by Gasteiger charge is -2.20. The van der Waals surface area contributed by atoms with E-state index in [1.807, 2.05) is 42.5 Å². The number of benzene rings is 2. The highest BCUT2D eigenvalue weighted by Gasteiger charge is 2.19. The van der Waals surface area contributed by atoms with Gasteiger partial charge < -0.3 is 14.8 Å². The van der Waals surface area contributed by atoms with E-state index in [4.69, 9.17) is 9.47 Å². The summed E-state index contributed by atoms with van der Waals surface area (Å²) in [5, 5.41) is 3.08. The number of nitrogens with one attached hydrogen (secondary N) is 1. The van der Waals surface area contributed by atoms with Gasteiger partial charge in [0.2, 0.25) is 0 Å². The number of ether oxygens (including phenoxy) is 2. The van der Waals surface area contributed by atoms with Crippen LogP contribution in [0.4, 0.5) is 0 Å². The molecule has 132 valence electrons. The van der Waals surface area contributed by atoms with Crippen molar-refractivity contribution in [1.82, 2.24) is 10.3 Å². The van der Waals surface area contributed by atoms with Gasteiger partial charge in [-0.2, -0.15) is 0 Å². The molecule has 3 rings (SSSR count). The number of aromatic nitrogens is 1. The van der Waals surface area contributed by atoms with E-state index < -0.39 is 0 Å². The molecule has 0 saturated heterocycles. The van der Waals surface area contributed by atoms with Crippen LogP contribution in [0.5, 0.6) is 11.5 Å². The van der Waals surface area contributed by atoms with Crippen molar-refractivity contribution in [2.45, 2.75) is 6.04 Å². The minimum atomic E-state index is -0.300. The van der Waals surface area contributed by atoms with E-state index in [9.17, 15) is 4.79 Å². The first kappa shape index (κ1) is 17.5. The molecule has 0 saturated carbocycles. The van der Waals surface area contributed by atoms with Gasteiger partial charge in [0, 0.05) is 18.0 Å². The minimum Gasteiger partial charge on any atom is -0.493 e. The lowest BCUT2D eigenvalue weighted by molar-refractivity contribution is 0.0942. The van der Waals surface area contributed by atoms with Crippen molar-refractivity contribution < 1.29 is 14.3 Å². The summed E-state index contributed by atoms with van der Waals surface area (Å²) in [6, 6.07) is 18.4. The molecule has 0 aliphatic carbocycles. The Balaban J connectivity index is 1.91. The van der Waals surface area contributed by atoms with Gasteiger partial charge in [0.25, 0.3) is 5.91 Å². The number of carbonyl (C=O) groups is 1. The third kappa shape index (κ3) is 3.83. The van der Waals surface area contributed by atoms with Crippen LogP contribution in [0.3, 0.4) is 0 Å². The number of carbonyl (C=O) groups excluding carboxylic acids is 1. The Hall–Kier alpha value is -3.34. The number of rotatable bonds is 6. The van der Waals surface area contributed by atoms with E-state index >= 15 is 0 Å². The monoisotopic (exact) mass is 348 g/mol. The summed E-state index contributed by atoms with van der Waals surface area (Å²) < 4.78 is 10.5. The molecule has 1 amide bonds. The molecular formula is C21H20N2O3. The third-order valence-corrected chi connectivity index (χ3v) is 4.07. The van der Waals surface area contributed by atoms with Crippen molar-refractivity contribution in [2.75, 3.05) is 14.2 Å². The number of hydrogen-bond acceptors (Lipinski definition) is 4. The number of nitrogens with zero attached hydrogens (tertiary/aromatic N) is 1. The molecule has 1 heterocycles. The Morgan fingerprint density at radius 2 is 1.65 bits per heavy atom. The maximum Gasteiger partial charge on any atom is 0.252 e. The smallest absolute Gasteiger partial charge is 0.252 e. The molecule has 0 unspecified atom stereocenters. The van der Waals surface area contributed by atoms with Crippen molar-refractivity contribution in [3.05, 3.63) is 89.7 Å². The van der Waals surface area contributed by atoms with Crippen molar-refractivity contribution in [3.8, 4) is 11.5 Å². The molecule has 5 heteroatoms. The van der Waals surface area contributed by atoms with Crippen LogP contribution in [-0.4, -0.2) is 25.1 Å². The molecule has 1 aromatic heterocycles. The van der Waals surface area contributed by atoms with Crippen LogP contribution in [0.15, 0.2) is 73.1 Å². The van der Waals surface area contributed by atoms with E-state index in [2.05, 4.69) is 10.3 Å². The fourth-order valence-corrected chi connectivity index (χ4v) is 2.74. The van der Waals surface area contributed by atoms with Crippen molar-refractivity contribution in [2.24, 2.45) is 0 Å². The zero-order chi connectivity index (χ0) is 18.4. The van der Waals surface area contributed by atoms with Crippen LogP contribution < -0.4 is 14.8 Å². The predicted molar refractivity (Wildman–Crippen MR) is 99.5 cm³/mol. The van der Waals surface area contributed by atoms with Crippen LogP contribution in [0.1, 0.15) is 27.5 Å². The summed E-state index contributed by atoms with van der Waals surface area (Å²) in [5.74, 6) is 0.886. The molecule has 1 atom stereocenters. The predicted octanol–water partition coefficient (Wildman–Crippen LogP) is 3.62. The molecular weight excluding hydrogens is 328 g/mol. The maximum atomic E-state index is 12.8.